The van der Waals surface area contributed by atoms with E-state index < -0.39 is 0 Å². The van der Waals surface area contributed by atoms with Gasteiger partial charge in [-0.3, -0.25) is 0 Å². The van der Waals surface area contributed by atoms with Gasteiger partial charge in [-0.25, -0.2) is 0 Å². The number of rotatable bonds is 4. The van der Waals surface area contributed by atoms with Crippen LogP contribution >= 0.6 is 12.2 Å². The zero-order valence-electron chi connectivity index (χ0n) is 12.0. The summed E-state index contributed by atoms with van der Waals surface area (Å²) in [5, 5.41) is 0. The molecule has 2 nitrogen and oxygen atoms in total. The van der Waals surface area contributed by atoms with E-state index >= 15 is 0 Å². The van der Waals surface area contributed by atoms with Crippen molar-refractivity contribution in [1.82, 2.24) is 4.90 Å². The Bertz CT molecular complexity index is 394. The molecule has 1 aliphatic heterocycles. The Morgan fingerprint density at radius 3 is 2.32 bits per heavy atom. The molecule has 0 atom stereocenters. The van der Waals surface area contributed by atoms with Gasteiger partial charge in [-0.1, -0.05) is 44.3 Å². The fourth-order valence-corrected chi connectivity index (χ4v) is 2.72. The Morgan fingerprint density at radius 1 is 1.11 bits per heavy atom. The van der Waals surface area contributed by atoms with E-state index in [4.69, 9.17) is 12.2 Å². The first-order chi connectivity index (χ1) is 9.16. The lowest BCUT2D eigenvalue weighted by molar-refractivity contribution is 0.382. The number of nitrogens with zero attached hydrogens (tertiary/aromatic N) is 2. The van der Waals surface area contributed by atoms with Gasteiger partial charge in [0.25, 0.3) is 0 Å². The molecule has 0 bridgehead atoms. The van der Waals surface area contributed by atoms with Crippen molar-refractivity contribution in [3.8, 4) is 0 Å². The van der Waals surface area contributed by atoms with Crippen LogP contribution in [0.1, 0.15) is 26.7 Å². The van der Waals surface area contributed by atoms with Crippen molar-refractivity contribution < 1.29 is 0 Å². The molecule has 1 aliphatic rings. The summed E-state index contributed by atoms with van der Waals surface area (Å²) in [5.74, 6) is 0.739. The number of benzene rings is 1. The summed E-state index contributed by atoms with van der Waals surface area (Å²) in [6, 6.07) is 10.7. The van der Waals surface area contributed by atoms with Gasteiger partial charge in [0.1, 0.15) is 0 Å². The van der Waals surface area contributed by atoms with Crippen LogP contribution in [0.5, 0.6) is 0 Å². The maximum atomic E-state index is 5.56. The van der Waals surface area contributed by atoms with Gasteiger partial charge < -0.3 is 9.80 Å². The molecule has 2 rings (SSSR count). The summed E-state index contributed by atoms with van der Waals surface area (Å²) < 4.78 is 0. The fourth-order valence-electron chi connectivity index (χ4n) is 2.42. The van der Waals surface area contributed by atoms with Crippen molar-refractivity contribution in [2.45, 2.75) is 26.7 Å². The third kappa shape index (κ3) is 4.20. The first kappa shape index (κ1) is 14.3. The van der Waals surface area contributed by atoms with Crippen molar-refractivity contribution in [1.29, 1.82) is 0 Å². The van der Waals surface area contributed by atoms with Gasteiger partial charge >= 0.3 is 0 Å². The molecule has 0 aliphatic carbocycles. The zero-order valence-corrected chi connectivity index (χ0v) is 12.8. The molecule has 1 aromatic carbocycles. The quantitative estimate of drug-likeness (QED) is 0.776. The van der Waals surface area contributed by atoms with E-state index in [9.17, 15) is 0 Å². The van der Waals surface area contributed by atoms with E-state index in [0.717, 1.165) is 43.5 Å². The highest BCUT2D eigenvalue weighted by atomic mass is 32.1. The van der Waals surface area contributed by atoms with Gasteiger partial charge in [-0.15, -0.1) is 0 Å². The molecule has 1 fully saturated rings. The second-order valence-electron chi connectivity index (χ2n) is 5.64. The number of anilines is 1. The van der Waals surface area contributed by atoms with E-state index in [1.54, 1.807) is 0 Å². The maximum Gasteiger partial charge on any atom is 0.0780 e. The molecule has 0 unspecified atom stereocenters. The van der Waals surface area contributed by atoms with Crippen LogP contribution in [0.4, 0.5) is 5.69 Å². The van der Waals surface area contributed by atoms with Gasteiger partial charge in [0.05, 0.1) is 4.99 Å². The molecule has 1 aromatic rings. The largest absolute Gasteiger partial charge is 0.368 e. The standard InChI is InChI=1S/C16H24N2S/c1-14(2)8-9-16(19)18-12-10-17(11-13-18)15-6-4-3-5-7-15/h3-7,14H,8-13H2,1-2H3. The molecule has 3 heteroatoms. The van der Waals surface area contributed by atoms with Crippen LogP contribution in [0.25, 0.3) is 0 Å². The molecule has 19 heavy (non-hydrogen) atoms. The lowest BCUT2D eigenvalue weighted by Crippen LogP contribution is -2.48. The maximum absolute atomic E-state index is 5.56. The molecule has 0 saturated carbocycles. The van der Waals surface area contributed by atoms with Crippen molar-refractivity contribution in [2.24, 2.45) is 5.92 Å². The first-order valence-electron chi connectivity index (χ1n) is 7.24. The van der Waals surface area contributed by atoms with E-state index in [2.05, 4.69) is 54.0 Å². The highest BCUT2D eigenvalue weighted by Crippen LogP contribution is 2.17. The Hall–Kier alpha value is -1.09. The van der Waals surface area contributed by atoms with Crippen molar-refractivity contribution >= 4 is 22.9 Å². The summed E-state index contributed by atoms with van der Waals surface area (Å²) >= 11 is 5.56. The molecule has 0 spiro atoms. The summed E-state index contributed by atoms with van der Waals surface area (Å²) in [5.41, 5.74) is 1.33. The Morgan fingerprint density at radius 2 is 1.74 bits per heavy atom. The van der Waals surface area contributed by atoms with Crippen molar-refractivity contribution in [2.75, 3.05) is 31.1 Å². The number of thiocarbonyl (C=S) groups is 1. The molecule has 0 aromatic heterocycles. The molecular formula is C16H24N2S. The normalized spacial score (nSPS) is 15.9. The predicted molar refractivity (Wildman–Crippen MR) is 86.9 cm³/mol. The summed E-state index contributed by atoms with van der Waals surface area (Å²) in [6.07, 6.45) is 2.27. The third-order valence-electron chi connectivity index (χ3n) is 3.69. The Labute approximate surface area is 122 Å². The van der Waals surface area contributed by atoms with E-state index in [1.165, 1.54) is 12.1 Å². The minimum absolute atomic E-state index is 0.739. The first-order valence-corrected chi connectivity index (χ1v) is 7.65. The van der Waals surface area contributed by atoms with Gasteiger partial charge in [0, 0.05) is 31.9 Å². The third-order valence-corrected chi connectivity index (χ3v) is 4.15. The second kappa shape index (κ2) is 6.90. The van der Waals surface area contributed by atoms with Gasteiger partial charge in [-0.05, 0) is 30.9 Å². The number of hydrogen-bond donors (Lipinski definition) is 0. The summed E-state index contributed by atoms with van der Waals surface area (Å²) in [4.78, 5) is 5.99. The van der Waals surface area contributed by atoms with E-state index in [1.807, 2.05) is 0 Å². The van der Waals surface area contributed by atoms with Gasteiger partial charge in [-0.2, -0.15) is 0 Å². The van der Waals surface area contributed by atoms with Crippen LogP contribution in [0.2, 0.25) is 0 Å². The molecule has 104 valence electrons. The molecule has 0 N–H and O–H groups in total. The highest BCUT2D eigenvalue weighted by molar-refractivity contribution is 7.80. The van der Waals surface area contributed by atoms with Gasteiger partial charge in [0.15, 0.2) is 0 Å². The molecule has 1 heterocycles. The van der Waals surface area contributed by atoms with Crippen LogP contribution in [-0.4, -0.2) is 36.1 Å². The summed E-state index contributed by atoms with van der Waals surface area (Å²) in [7, 11) is 0. The molecule has 0 radical (unpaired) electrons. The molecule has 0 amide bonds. The SMILES string of the molecule is CC(C)CCC(=S)N1CCN(c2ccccc2)CC1. The highest BCUT2D eigenvalue weighted by Gasteiger charge is 2.18. The van der Waals surface area contributed by atoms with Crippen LogP contribution in [0.15, 0.2) is 30.3 Å². The number of hydrogen-bond acceptors (Lipinski definition) is 2. The molecular weight excluding hydrogens is 252 g/mol. The lowest BCUT2D eigenvalue weighted by Gasteiger charge is -2.37. The minimum atomic E-state index is 0.739. The number of piperazine rings is 1. The summed E-state index contributed by atoms with van der Waals surface area (Å²) in [6.45, 7) is 8.79. The van der Waals surface area contributed by atoms with Crippen LogP contribution < -0.4 is 4.90 Å². The van der Waals surface area contributed by atoms with Gasteiger partial charge in [0.2, 0.25) is 0 Å². The monoisotopic (exact) mass is 276 g/mol. The lowest BCUT2D eigenvalue weighted by atomic mass is 10.1. The smallest absolute Gasteiger partial charge is 0.0780 e. The van der Waals surface area contributed by atoms with Crippen molar-refractivity contribution in [3.63, 3.8) is 0 Å². The second-order valence-corrected chi connectivity index (χ2v) is 6.11. The topological polar surface area (TPSA) is 6.48 Å². The van der Waals surface area contributed by atoms with Crippen molar-refractivity contribution in [3.05, 3.63) is 30.3 Å². The average Bonchev–Trinajstić information content (AvgIpc) is 2.46. The Kier molecular flexibility index (Phi) is 5.20. The predicted octanol–water partition coefficient (Wildman–Crippen LogP) is 3.57. The van der Waals surface area contributed by atoms with E-state index in [0.29, 0.717) is 0 Å². The average molecular weight is 276 g/mol. The Balaban J connectivity index is 1.81. The van der Waals surface area contributed by atoms with Crippen LogP contribution in [0, 0.1) is 5.92 Å². The fraction of sp³-hybridized carbons (Fsp3) is 0.562. The minimum Gasteiger partial charge on any atom is -0.368 e. The zero-order chi connectivity index (χ0) is 13.7. The van der Waals surface area contributed by atoms with Crippen LogP contribution in [0.3, 0.4) is 0 Å². The number of para-hydroxylation sites is 1. The molecule has 1 saturated heterocycles. The van der Waals surface area contributed by atoms with E-state index in [-0.39, 0.29) is 0 Å². The van der Waals surface area contributed by atoms with Crippen LogP contribution in [-0.2, 0) is 0 Å².